The van der Waals surface area contributed by atoms with E-state index in [2.05, 4.69) is 34.1 Å². The number of thiazole rings is 1. The zero-order valence-corrected chi connectivity index (χ0v) is 14.4. The first-order valence-electron chi connectivity index (χ1n) is 7.60. The number of carbonyl (C=O) groups excluding carboxylic acids is 1. The molecule has 0 aliphatic carbocycles. The highest BCUT2D eigenvalue weighted by molar-refractivity contribution is 7.13. The average molecular weight is 334 g/mol. The fraction of sp³-hybridized carbons (Fsp3) is 0.500. The topological polar surface area (TPSA) is 88.0 Å². The predicted molar refractivity (Wildman–Crippen MR) is 90.2 cm³/mol. The van der Waals surface area contributed by atoms with E-state index in [0.29, 0.717) is 28.7 Å². The van der Waals surface area contributed by atoms with Crippen molar-refractivity contribution >= 4 is 17.2 Å². The summed E-state index contributed by atoms with van der Waals surface area (Å²) >= 11 is 1.34. The predicted octanol–water partition coefficient (Wildman–Crippen LogP) is 2.52. The van der Waals surface area contributed by atoms with Crippen molar-refractivity contribution in [3.05, 3.63) is 29.7 Å². The number of amides is 1. The largest absolute Gasteiger partial charge is 0.388 e. The van der Waals surface area contributed by atoms with Gasteiger partial charge in [-0.05, 0) is 25.7 Å². The quantitative estimate of drug-likeness (QED) is 0.812. The zero-order chi connectivity index (χ0) is 16.9. The molecule has 1 amide bonds. The summed E-state index contributed by atoms with van der Waals surface area (Å²) in [6.07, 6.45) is 6.34. The Hall–Kier alpha value is -1.86. The van der Waals surface area contributed by atoms with Gasteiger partial charge >= 0.3 is 0 Å². The van der Waals surface area contributed by atoms with Crippen molar-refractivity contribution in [3.8, 4) is 10.7 Å². The number of aromatic nitrogens is 3. The van der Waals surface area contributed by atoms with Gasteiger partial charge in [0.15, 0.2) is 0 Å². The number of nitrogens with zero attached hydrogens (tertiary/aromatic N) is 3. The van der Waals surface area contributed by atoms with Crippen LogP contribution in [0, 0.1) is 5.92 Å². The Morgan fingerprint density at radius 3 is 2.87 bits per heavy atom. The highest BCUT2D eigenvalue weighted by Gasteiger charge is 2.22. The molecule has 0 saturated carbocycles. The van der Waals surface area contributed by atoms with Crippen LogP contribution in [0.15, 0.2) is 24.0 Å². The van der Waals surface area contributed by atoms with Crippen LogP contribution in [0.5, 0.6) is 0 Å². The SMILES string of the molecule is CC(C)CCC(C)(O)CNC(=O)c1csc(-c2cnccn2)n1. The van der Waals surface area contributed by atoms with E-state index < -0.39 is 5.60 Å². The molecule has 2 aromatic heterocycles. The lowest BCUT2D eigenvalue weighted by Gasteiger charge is -2.24. The Labute approximate surface area is 140 Å². The van der Waals surface area contributed by atoms with Crippen molar-refractivity contribution < 1.29 is 9.90 Å². The summed E-state index contributed by atoms with van der Waals surface area (Å²) in [5.74, 6) is 0.228. The van der Waals surface area contributed by atoms with Gasteiger partial charge in [-0.15, -0.1) is 11.3 Å². The lowest BCUT2D eigenvalue weighted by Crippen LogP contribution is -2.40. The summed E-state index contributed by atoms with van der Waals surface area (Å²) in [6, 6.07) is 0. The van der Waals surface area contributed by atoms with Crippen LogP contribution in [0.2, 0.25) is 0 Å². The molecule has 1 atom stereocenters. The van der Waals surface area contributed by atoms with Crippen LogP contribution in [0.4, 0.5) is 0 Å². The Bertz CT molecular complexity index is 641. The molecule has 1 unspecified atom stereocenters. The number of rotatable bonds is 7. The number of nitrogens with one attached hydrogen (secondary N) is 1. The minimum Gasteiger partial charge on any atom is -0.388 e. The summed E-state index contributed by atoms with van der Waals surface area (Å²) in [4.78, 5) is 24.6. The Morgan fingerprint density at radius 2 is 2.22 bits per heavy atom. The molecule has 2 aromatic rings. The fourth-order valence-corrected chi connectivity index (χ4v) is 2.71. The maximum absolute atomic E-state index is 12.2. The summed E-state index contributed by atoms with van der Waals surface area (Å²) in [5.41, 5.74) is 0.0553. The van der Waals surface area contributed by atoms with Crippen molar-refractivity contribution in [2.45, 2.75) is 39.2 Å². The third-order valence-corrected chi connectivity index (χ3v) is 4.27. The Kier molecular flexibility index (Phi) is 5.79. The van der Waals surface area contributed by atoms with E-state index in [1.165, 1.54) is 11.3 Å². The van der Waals surface area contributed by atoms with Gasteiger partial charge in [-0.25, -0.2) is 4.98 Å². The standard InChI is InChI=1S/C16H22N4O2S/c1-11(2)4-5-16(3,22)10-19-14(21)13-9-23-15(20-13)12-8-17-6-7-18-12/h6-9,11,22H,4-5,10H2,1-3H3,(H,19,21). The van der Waals surface area contributed by atoms with Crippen LogP contribution in [0.3, 0.4) is 0 Å². The lowest BCUT2D eigenvalue weighted by molar-refractivity contribution is 0.0428. The van der Waals surface area contributed by atoms with Gasteiger partial charge in [-0.3, -0.25) is 14.8 Å². The minimum atomic E-state index is -0.913. The normalized spacial score (nSPS) is 13.8. The van der Waals surface area contributed by atoms with Crippen LogP contribution >= 0.6 is 11.3 Å². The molecule has 7 heteroatoms. The van der Waals surface area contributed by atoms with Gasteiger partial charge in [-0.2, -0.15) is 0 Å². The van der Waals surface area contributed by atoms with Crippen LogP contribution in [-0.2, 0) is 0 Å². The molecule has 124 valence electrons. The van der Waals surface area contributed by atoms with Gasteiger partial charge in [0.05, 0.1) is 11.8 Å². The lowest BCUT2D eigenvalue weighted by atomic mass is 9.95. The van der Waals surface area contributed by atoms with Crippen molar-refractivity contribution in [2.75, 3.05) is 6.54 Å². The number of carbonyl (C=O) groups is 1. The van der Waals surface area contributed by atoms with E-state index in [0.717, 1.165) is 6.42 Å². The highest BCUT2D eigenvalue weighted by atomic mass is 32.1. The van der Waals surface area contributed by atoms with E-state index in [9.17, 15) is 9.90 Å². The molecule has 0 aliphatic rings. The molecule has 23 heavy (non-hydrogen) atoms. The maximum Gasteiger partial charge on any atom is 0.270 e. The van der Waals surface area contributed by atoms with Crippen molar-refractivity contribution in [1.82, 2.24) is 20.3 Å². The monoisotopic (exact) mass is 334 g/mol. The smallest absolute Gasteiger partial charge is 0.270 e. The molecular formula is C16H22N4O2S. The second-order valence-corrected chi connectivity index (χ2v) is 7.10. The number of hydrogen-bond acceptors (Lipinski definition) is 6. The molecule has 0 radical (unpaired) electrons. The van der Waals surface area contributed by atoms with Crippen molar-refractivity contribution in [2.24, 2.45) is 5.92 Å². The Morgan fingerprint density at radius 1 is 1.43 bits per heavy atom. The summed E-state index contributed by atoms with van der Waals surface area (Å²) in [7, 11) is 0. The Balaban J connectivity index is 1.93. The van der Waals surface area contributed by atoms with Gasteiger partial charge in [0.25, 0.3) is 5.91 Å². The first-order valence-corrected chi connectivity index (χ1v) is 8.48. The van der Waals surface area contributed by atoms with Gasteiger partial charge in [-0.1, -0.05) is 13.8 Å². The summed E-state index contributed by atoms with van der Waals surface area (Å²) in [5, 5.41) is 15.4. The number of hydrogen-bond donors (Lipinski definition) is 2. The molecule has 0 fully saturated rings. The average Bonchev–Trinajstić information content (AvgIpc) is 3.02. The second kappa shape index (κ2) is 7.61. The van der Waals surface area contributed by atoms with Gasteiger partial charge < -0.3 is 10.4 Å². The summed E-state index contributed by atoms with van der Waals surface area (Å²) < 4.78 is 0. The van der Waals surface area contributed by atoms with Gasteiger partial charge in [0, 0.05) is 24.3 Å². The van der Waals surface area contributed by atoms with E-state index in [-0.39, 0.29) is 12.5 Å². The molecule has 2 heterocycles. The molecule has 0 saturated heterocycles. The van der Waals surface area contributed by atoms with E-state index >= 15 is 0 Å². The first-order chi connectivity index (χ1) is 10.9. The second-order valence-electron chi connectivity index (χ2n) is 6.24. The van der Waals surface area contributed by atoms with E-state index in [4.69, 9.17) is 0 Å². The first kappa shape index (κ1) is 17.5. The third kappa shape index (κ3) is 5.37. The molecular weight excluding hydrogens is 312 g/mol. The molecule has 2 N–H and O–H groups in total. The maximum atomic E-state index is 12.2. The molecule has 0 spiro atoms. The molecule has 0 bridgehead atoms. The van der Waals surface area contributed by atoms with Gasteiger partial charge in [0.1, 0.15) is 16.4 Å². The zero-order valence-electron chi connectivity index (χ0n) is 13.6. The van der Waals surface area contributed by atoms with Crippen LogP contribution < -0.4 is 5.32 Å². The fourth-order valence-electron chi connectivity index (χ4n) is 1.95. The van der Waals surface area contributed by atoms with E-state index in [1.807, 2.05) is 0 Å². The third-order valence-electron chi connectivity index (χ3n) is 3.41. The number of aliphatic hydroxyl groups is 1. The minimum absolute atomic E-state index is 0.205. The molecule has 0 aromatic carbocycles. The van der Waals surface area contributed by atoms with Crippen molar-refractivity contribution in [3.63, 3.8) is 0 Å². The van der Waals surface area contributed by atoms with Crippen LogP contribution in [-0.4, -0.2) is 38.1 Å². The van der Waals surface area contributed by atoms with Gasteiger partial charge in [0.2, 0.25) is 0 Å². The summed E-state index contributed by atoms with van der Waals surface area (Å²) in [6.45, 7) is 6.16. The highest BCUT2D eigenvalue weighted by Crippen LogP contribution is 2.21. The van der Waals surface area contributed by atoms with Crippen molar-refractivity contribution in [1.29, 1.82) is 0 Å². The molecule has 6 nitrogen and oxygen atoms in total. The molecule has 0 aliphatic heterocycles. The van der Waals surface area contributed by atoms with E-state index in [1.54, 1.807) is 30.9 Å². The molecule has 2 rings (SSSR count). The van der Waals surface area contributed by atoms with Crippen LogP contribution in [0.1, 0.15) is 44.1 Å². The van der Waals surface area contributed by atoms with Crippen LogP contribution in [0.25, 0.3) is 10.7 Å².